The first-order chi connectivity index (χ1) is 10.6. The summed E-state index contributed by atoms with van der Waals surface area (Å²) in [4.78, 5) is 6.72. The van der Waals surface area contributed by atoms with Gasteiger partial charge < -0.3 is 10.2 Å². The molecule has 1 fully saturated rings. The lowest BCUT2D eigenvalue weighted by Crippen LogP contribution is -2.43. The third kappa shape index (κ3) is 3.42. The van der Waals surface area contributed by atoms with Gasteiger partial charge in [0.2, 0.25) is 0 Å². The number of aromatic nitrogens is 3. The van der Waals surface area contributed by atoms with Gasteiger partial charge in [0, 0.05) is 36.9 Å². The van der Waals surface area contributed by atoms with Crippen molar-refractivity contribution in [2.75, 3.05) is 18.0 Å². The summed E-state index contributed by atoms with van der Waals surface area (Å²) >= 11 is 6.08. The van der Waals surface area contributed by atoms with Crippen molar-refractivity contribution in [2.45, 2.75) is 31.8 Å². The molecule has 6 heteroatoms. The summed E-state index contributed by atoms with van der Waals surface area (Å²) < 4.78 is 1.83. The summed E-state index contributed by atoms with van der Waals surface area (Å²) in [6, 6.07) is 8.83. The van der Waals surface area contributed by atoms with Crippen molar-refractivity contribution in [3.63, 3.8) is 0 Å². The summed E-state index contributed by atoms with van der Waals surface area (Å²) in [6.07, 6.45) is 3.85. The van der Waals surface area contributed by atoms with Crippen molar-refractivity contribution >= 4 is 17.3 Å². The fourth-order valence-corrected chi connectivity index (χ4v) is 3.29. The maximum absolute atomic E-state index is 6.08. The lowest BCUT2D eigenvalue weighted by Gasteiger charge is -2.35. The first-order valence-corrected chi connectivity index (χ1v) is 8.12. The molecule has 0 bridgehead atoms. The van der Waals surface area contributed by atoms with Crippen LogP contribution in [0.4, 0.5) is 5.69 Å². The molecule has 1 aliphatic heterocycles. The fourth-order valence-electron chi connectivity index (χ4n) is 3.10. The third-order valence-corrected chi connectivity index (χ3v) is 4.52. The number of halogens is 1. The quantitative estimate of drug-likeness (QED) is 0.941. The summed E-state index contributed by atoms with van der Waals surface area (Å²) in [6.45, 7) is 4.24. The van der Waals surface area contributed by atoms with Gasteiger partial charge in [0.25, 0.3) is 0 Å². The van der Waals surface area contributed by atoms with Crippen LogP contribution < -0.4 is 10.2 Å². The van der Waals surface area contributed by atoms with Gasteiger partial charge in [-0.3, -0.25) is 4.68 Å². The average molecular weight is 320 g/mol. The zero-order valence-electron chi connectivity index (χ0n) is 13.0. The molecule has 0 aliphatic carbocycles. The molecule has 1 N–H and O–H groups in total. The Morgan fingerprint density at radius 2 is 2.09 bits per heavy atom. The van der Waals surface area contributed by atoms with Crippen LogP contribution in [-0.2, 0) is 7.05 Å². The van der Waals surface area contributed by atoms with Gasteiger partial charge >= 0.3 is 0 Å². The topological polar surface area (TPSA) is 46.0 Å². The van der Waals surface area contributed by atoms with E-state index in [1.165, 1.54) is 5.69 Å². The average Bonchev–Trinajstić information content (AvgIpc) is 2.94. The molecule has 0 amide bonds. The van der Waals surface area contributed by atoms with E-state index in [1.807, 2.05) is 29.9 Å². The SMILES string of the molecule is C[C@@H](NC1CCN(c2cccc(Cl)c2)CC1)c1ncnn1C. The van der Waals surface area contributed by atoms with Gasteiger partial charge in [0.15, 0.2) is 0 Å². The van der Waals surface area contributed by atoms with Crippen LogP contribution in [0.15, 0.2) is 30.6 Å². The normalized spacial score (nSPS) is 17.7. The summed E-state index contributed by atoms with van der Waals surface area (Å²) in [7, 11) is 1.93. The molecule has 22 heavy (non-hydrogen) atoms. The molecule has 0 radical (unpaired) electrons. The molecule has 1 aromatic heterocycles. The van der Waals surface area contributed by atoms with Gasteiger partial charge in [0.1, 0.15) is 12.2 Å². The molecule has 1 saturated heterocycles. The molecule has 1 atom stereocenters. The first-order valence-electron chi connectivity index (χ1n) is 7.74. The minimum atomic E-state index is 0.218. The number of benzene rings is 1. The lowest BCUT2D eigenvalue weighted by atomic mass is 10.0. The number of anilines is 1. The second-order valence-electron chi connectivity index (χ2n) is 5.87. The zero-order chi connectivity index (χ0) is 15.5. The van der Waals surface area contributed by atoms with Crippen molar-refractivity contribution < 1.29 is 0 Å². The largest absolute Gasteiger partial charge is 0.371 e. The summed E-state index contributed by atoms with van der Waals surface area (Å²) in [5.74, 6) is 0.984. The van der Waals surface area contributed by atoms with Crippen molar-refractivity contribution in [1.29, 1.82) is 0 Å². The maximum Gasteiger partial charge on any atom is 0.143 e. The van der Waals surface area contributed by atoms with E-state index in [0.29, 0.717) is 6.04 Å². The highest BCUT2D eigenvalue weighted by Gasteiger charge is 2.22. The third-order valence-electron chi connectivity index (χ3n) is 4.29. The highest BCUT2D eigenvalue weighted by molar-refractivity contribution is 6.30. The first kappa shape index (κ1) is 15.3. The van der Waals surface area contributed by atoms with Crippen LogP contribution >= 0.6 is 11.6 Å². The molecule has 118 valence electrons. The van der Waals surface area contributed by atoms with Gasteiger partial charge in [-0.15, -0.1) is 0 Å². The molecule has 0 saturated carbocycles. The second kappa shape index (κ2) is 6.67. The van der Waals surface area contributed by atoms with Crippen molar-refractivity contribution in [2.24, 2.45) is 7.05 Å². The van der Waals surface area contributed by atoms with Crippen molar-refractivity contribution in [1.82, 2.24) is 20.1 Å². The summed E-state index contributed by atoms with van der Waals surface area (Å²) in [5, 5.41) is 8.60. The second-order valence-corrected chi connectivity index (χ2v) is 6.31. The smallest absolute Gasteiger partial charge is 0.143 e. The Kier molecular flexibility index (Phi) is 4.64. The Labute approximate surface area is 136 Å². The molecule has 0 unspecified atom stereocenters. The Bertz CT molecular complexity index is 619. The van der Waals surface area contributed by atoms with Crippen LogP contribution in [0.1, 0.15) is 31.6 Å². The molecular weight excluding hydrogens is 298 g/mol. The van der Waals surface area contributed by atoms with Crippen LogP contribution in [-0.4, -0.2) is 33.9 Å². The minimum Gasteiger partial charge on any atom is -0.371 e. The Hall–Kier alpha value is -1.59. The number of hydrogen-bond acceptors (Lipinski definition) is 4. The highest BCUT2D eigenvalue weighted by atomic mass is 35.5. The van der Waals surface area contributed by atoms with Crippen LogP contribution in [0, 0.1) is 0 Å². The molecule has 5 nitrogen and oxygen atoms in total. The van der Waals surface area contributed by atoms with Crippen molar-refractivity contribution in [3.8, 4) is 0 Å². The van der Waals surface area contributed by atoms with E-state index in [1.54, 1.807) is 6.33 Å². The molecular formula is C16H22ClN5. The van der Waals surface area contributed by atoms with Gasteiger partial charge in [-0.2, -0.15) is 5.10 Å². The van der Waals surface area contributed by atoms with Crippen LogP contribution in [0.3, 0.4) is 0 Å². The van der Waals surface area contributed by atoms with E-state index in [2.05, 4.69) is 33.3 Å². The molecule has 0 spiro atoms. The number of nitrogens with one attached hydrogen (secondary N) is 1. The minimum absolute atomic E-state index is 0.218. The number of piperidine rings is 1. The predicted molar refractivity (Wildman–Crippen MR) is 89.2 cm³/mol. The standard InChI is InChI=1S/C16H22ClN5/c1-12(16-18-11-19-21(16)2)20-14-6-8-22(9-7-14)15-5-3-4-13(17)10-15/h3-5,10-12,14,20H,6-9H2,1-2H3/t12-/m1/s1. The van der Waals surface area contributed by atoms with Gasteiger partial charge in [-0.1, -0.05) is 17.7 Å². The summed E-state index contributed by atoms with van der Waals surface area (Å²) in [5.41, 5.74) is 1.22. The van der Waals surface area contributed by atoms with E-state index < -0.39 is 0 Å². The van der Waals surface area contributed by atoms with Gasteiger partial charge in [-0.05, 0) is 38.0 Å². The highest BCUT2D eigenvalue weighted by Crippen LogP contribution is 2.24. The Morgan fingerprint density at radius 1 is 1.32 bits per heavy atom. The van der Waals surface area contributed by atoms with E-state index >= 15 is 0 Å². The van der Waals surface area contributed by atoms with E-state index in [-0.39, 0.29) is 6.04 Å². The molecule has 1 aromatic carbocycles. The predicted octanol–water partition coefficient (Wildman–Crippen LogP) is 2.79. The Balaban J connectivity index is 1.55. The maximum atomic E-state index is 6.08. The number of hydrogen-bond donors (Lipinski definition) is 1. The molecule has 2 heterocycles. The molecule has 1 aliphatic rings. The van der Waals surface area contributed by atoms with E-state index in [4.69, 9.17) is 11.6 Å². The molecule has 2 aromatic rings. The van der Waals surface area contributed by atoms with Crippen LogP contribution in [0.25, 0.3) is 0 Å². The molecule has 3 rings (SSSR count). The van der Waals surface area contributed by atoms with E-state index in [9.17, 15) is 0 Å². The lowest BCUT2D eigenvalue weighted by molar-refractivity contribution is 0.368. The number of rotatable bonds is 4. The van der Waals surface area contributed by atoms with Crippen LogP contribution in [0.2, 0.25) is 5.02 Å². The number of aryl methyl sites for hydroxylation is 1. The Morgan fingerprint density at radius 3 is 2.73 bits per heavy atom. The van der Waals surface area contributed by atoms with Gasteiger partial charge in [0.05, 0.1) is 6.04 Å². The number of nitrogens with zero attached hydrogens (tertiary/aromatic N) is 4. The van der Waals surface area contributed by atoms with Gasteiger partial charge in [-0.25, -0.2) is 4.98 Å². The van der Waals surface area contributed by atoms with Crippen LogP contribution in [0.5, 0.6) is 0 Å². The van der Waals surface area contributed by atoms with Crippen molar-refractivity contribution in [3.05, 3.63) is 41.4 Å². The zero-order valence-corrected chi connectivity index (χ0v) is 13.8. The fraction of sp³-hybridized carbons (Fsp3) is 0.500. The van der Waals surface area contributed by atoms with E-state index in [0.717, 1.165) is 36.8 Å². The monoisotopic (exact) mass is 319 g/mol.